The zero-order chi connectivity index (χ0) is 22.1. The lowest BCUT2D eigenvalue weighted by atomic mass is 9.94. The fourth-order valence-corrected chi connectivity index (χ4v) is 2.79. The average Bonchev–Trinajstić information content (AvgIpc) is 2.76. The van der Waals surface area contributed by atoms with Crippen LogP contribution >= 0.6 is 0 Å². The summed E-state index contributed by atoms with van der Waals surface area (Å²) in [5.74, 6) is 0.961. The van der Waals surface area contributed by atoms with Crippen molar-refractivity contribution in [2.45, 2.75) is 53.4 Å². The lowest BCUT2D eigenvalue weighted by molar-refractivity contribution is 0.468. The van der Waals surface area contributed by atoms with Crippen LogP contribution in [0, 0.1) is 6.92 Å². The van der Waals surface area contributed by atoms with Crippen LogP contribution in [0.1, 0.15) is 56.7 Å². The lowest BCUT2D eigenvalue weighted by Gasteiger charge is -2.18. The van der Waals surface area contributed by atoms with Gasteiger partial charge in [-0.05, 0) is 73.9 Å². The first-order valence-corrected chi connectivity index (χ1v) is 10.7. The molecule has 0 bridgehead atoms. The van der Waals surface area contributed by atoms with Gasteiger partial charge >= 0.3 is 0 Å². The van der Waals surface area contributed by atoms with Crippen molar-refractivity contribution in [1.82, 2.24) is 10.6 Å². The zero-order valence-electron chi connectivity index (χ0n) is 18.8. The molecule has 29 heavy (non-hydrogen) atoms. The molecule has 4 N–H and O–H groups in total. The van der Waals surface area contributed by atoms with Crippen molar-refractivity contribution in [2.75, 3.05) is 19.6 Å². The Labute approximate surface area is 177 Å². The Balaban J connectivity index is 0.00000184. The summed E-state index contributed by atoms with van der Waals surface area (Å²) in [5, 5.41) is 25.9. The summed E-state index contributed by atoms with van der Waals surface area (Å²) in [7, 11) is 0. The number of hydrogen-bond acceptors (Lipinski definition) is 4. The molecule has 1 unspecified atom stereocenters. The van der Waals surface area contributed by atoms with Crippen LogP contribution in [0.15, 0.2) is 55.2 Å². The number of rotatable bonds is 10. The van der Waals surface area contributed by atoms with Gasteiger partial charge in [-0.3, -0.25) is 0 Å². The Kier molecular flexibility index (Phi) is 15.1. The zero-order valence-corrected chi connectivity index (χ0v) is 18.8. The number of aryl methyl sites for hydroxylation is 1. The maximum absolute atomic E-state index is 9.96. The van der Waals surface area contributed by atoms with Crippen molar-refractivity contribution in [2.24, 2.45) is 0 Å². The number of phenols is 2. The highest BCUT2D eigenvalue weighted by molar-refractivity contribution is 5.37. The molecule has 0 heterocycles. The van der Waals surface area contributed by atoms with E-state index in [0.717, 1.165) is 43.6 Å². The molecule has 0 spiro atoms. The minimum Gasteiger partial charge on any atom is -0.508 e. The Morgan fingerprint density at radius 2 is 1.62 bits per heavy atom. The summed E-state index contributed by atoms with van der Waals surface area (Å²) in [6, 6.07) is 13.2. The summed E-state index contributed by atoms with van der Waals surface area (Å²) >= 11 is 0. The fourth-order valence-electron chi connectivity index (χ4n) is 2.79. The molecule has 0 aromatic heterocycles. The van der Waals surface area contributed by atoms with Crippen LogP contribution in [0.4, 0.5) is 0 Å². The third-order valence-corrected chi connectivity index (χ3v) is 4.41. The topological polar surface area (TPSA) is 64.5 Å². The van der Waals surface area contributed by atoms with Crippen molar-refractivity contribution in [3.05, 3.63) is 71.9 Å². The predicted molar refractivity (Wildman–Crippen MR) is 126 cm³/mol. The highest BCUT2D eigenvalue weighted by atomic mass is 16.3. The fraction of sp³-hybridized carbons (Fsp3) is 0.440. The second-order valence-electron chi connectivity index (χ2n) is 6.31. The van der Waals surface area contributed by atoms with Gasteiger partial charge in [-0.15, -0.1) is 0 Å². The minimum atomic E-state index is 0.302. The number of aromatic hydroxyl groups is 2. The van der Waals surface area contributed by atoms with Gasteiger partial charge in [-0.1, -0.05) is 58.5 Å². The third-order valence-electron chi connectivity index (χ3n) is 4.41. The third kappa shape index (κ3) is 10.6. The van der Waals surface area contributed by atoms with Crippen molar-refractivity contribution < 1.29 is 10.2 Å². The average molecular weight is 401 g/mol. The van der Waals surface area contributed by atoms with E-state index < -0.39 is 0 Å². The summed E-state index contributed by atoms with van der Waals surface area (Å²) in [5.41, 5.74) is 3.24. The van der Waals surface area contributed by atoms with Crippen molar-refractivity contribution in [3.8, 4) is 11.5 Å². The van der Waals surface area contributed by atoms with Gasteiger partial charge in [0.25, 0.3) is 0 Å². The maximum atomic E-state index is 9.96. The molecular formula is C25H40N2O2. The van der Waals surface area contributed by atoms with E-state index in [0.29, 0.717) is 17.4 Å². The Morgan fingerprint density at radius 1 is 0.966 bits per heavy atom. The monoisotopic (exact) mass is 400 g/mol. The van der Waals surface area contributed by atoms with E-state index in [-0.39, 0.29) is 0 Å². The van der Waals surface area contributed by atoms with Gasteiger partial charge in [0.2, 0.25) is 0 Å². The van der Waals surface area contributed by atoms with Gasteiger partial charge in [0.05, 0.1) is 0 Å². The molecule has 0 aliphatic heterocycles. The van der Waals surface area contributed by atoms with Crippen LogP contribution in [0.25, 0.3) is 0 Å². The molecule has 2 rings (SSSR count). The molecule has 4 heteroatoms. The Morgan fingerprint density at radius 3 is 2.21 bits per heavy atom. The van der Waals surface area contributed by atoms with Gasteiger partial charge < -0.3 is 20.8 Å². The van der Waals surface area contributed by atoms with Gasteiger partial charge in [-0.25, -0.2) is 0 Å². The number of phenolic OH excluding ortho intramolecular Hbond substituents is 2. The molecule has 0 aliphatic carbocycles. The smallest absolute Gasteiger partial charge is 0.118 e. The maximum Gasteiger partial charge on any atom is 0.118 e. The van der Waals surface area contributed by atoms with Crippen LogP contribution in [0.2, 0.25) is 0 Å². The van der Waals surface area contributed by atoms with Crippen molar-refractivity contribution >= 4 is 0 Å². The first-order valence-electron chi connectivity index (χ1n) is 10.7. The van der Waals surface area contributed by atoms with E-state index in [1.807, 2.05) is 58.9 Å². The van der Waals surface area contributed by atoms with E-state index in [1.165, 1.54) is 5.56 Å². The number of benzene rings is 2. The molecular weight excluding hydrogens is 360 g/mol. The molecule has 2 aromatic carbocycles. The first kappa shape index (κ1) is 26.5. The Bertz CT molecular complexity index is 669. The van der Waals surface area contributed by atoms with Crippen molar-refractivity contribution in [1.29, 1.82) is 0 Å². The van der Waals surface area contributed by atoms with Crippen LogP contribution in [-0.4, -0.2) is 29.8 Å². The molecule has 0 aliphatic rings. The van der Waals surface area contributed by atoms with Crippen LogP contribution in [-0.2, 0) is 6.42 Å². The Hall–Kier alpha value is -2.46. The summed E-state index contributed by atoms with van der Waals surface area (Å²) < 4.78 is 0. The summed E-state index contributed by atoms with van der Waals surface area (Å²) in [6.07, 6.45) is 3.61. The largest absolute Gasteiger partial charge is 0.508 e. The van der Waals surface area contributed by atoms with Gasteiger partial charge in [0.1, 0.15) is 11.5 Å². The molecule has 0 saturated heterocycles. The van der Waals surface area contributed by atoms with Gasteiger partial charge in [-0.2, -0.15) is 0 Å². The molecule has 4 nitrogen and oxygen atoms in total. The molecule has 0 saturated carbocycles. The highest BCUT2D eigenvalue weighted by Gasteiger charge is 2.12. The molecule has 1 atom stereocenters. The second kappa shape index (κ2) is 16.5. The molecule has 2 aromatic rings. The quantitative estimate of drug-likeness (QED) is 0.398. The van der Waals surface area contributed by atoms with E-state index in [2.05, 4.69) is 23.3 Å². The second-order valence-corrected chi connectivity index (χ2v) is 6.31. The first-order chi connectivity index (χ1) is 14.1. The van der Waals surface area contributed by atoms with Crippen molar-refractivity contribution in [3.63, 3.8) is 0 Å². The lowest BCUT2D eigenvalue weighted by Crippen LogP contribution is -2.24. The van der Waals surface area contributed by atoms with Gasteiger partial charge in [0.15, 0.2) is 0 Å². The van der Waals surface area contributed by atoms with Crippen LogP contribution in [0.3, 0.4) is 0 Å². The number of hydrogen-bond donors (Lipinski definition) is 4. The highest BCUT2D eigenvalue weighted by Crippen LogP contribution is 2.25. The molecule has 0 radical (unpaired) electrons. The minimum absolute atomic E-state index is 0.302. The van der Waals surface area contributed by atoms with Gasteiger partial charge in [0, 0.05) is 12.5 Å². The molecule has 0 fully saturated rings. The van der Waals surface area contributed by atoms with E-state index in [9.17, 15) is 10.2 Å². The van der Waals surface area contributed by atoms with E-state index in [4.69, 9.17) is 0 Å². The van der Waals surface area contributed by atoms with Crippen LogP contribution in [0.5, 0.6) is 11.5 Å². The van der Waals surface area contributed by atoms with E-state index >= 15 is 0 Å². The normalized spacial score (nSPS) is 10.7. The number of nitrogens with one attached hydrogen (secondary N) is 2. The summed E-state index contributed by atoms with van der Waals surface area (Å²) in [4.78, 5) is 0. The standard InChI is InChI=1S/C21H28N2O2.2C2H6/c1-3-22-15-19(18-7-4-16(2)21(25)14-18)11-13-23-12-10-17-5-8-20(24)9-6-17;2*1-2/h3-9,14,19,22-25H,1,10-13,15H2,2H3;2*1-2H3. The summed E-state index contributed by atoms with van der Waals surface area (Å²) in [6.45, 7) is 16.2. The van der Waals surface area contributed by atoms with Crippen LogP contribution < -0.4 is 10.6 Å². The molecule has 162 valence electrons. The van der Waals surface area contributed by atoms with E-state index in [1.54, 1.807) is 18.3 Å². The SMILES string of the molecule is C=CNCC(CCNCCc1ccc(O)cc1)c1ccc(C)c(O)c1.CC.CC. The molecule has 0 amide bonds. The predicted octanol–water partition coefficient (Wildman–Crippen LogP) is 5.50.